The summed E-state index contributed by atoms with van der Waals surface area (Å²) >= 11 is 3.25. The molecule has 8 heteroatoms. The fourth-order valence-corrected chi connectivity index (χ4v) is 3.93. The molecule has 2 rings (SSSR count). The van der Waals surface area contributed by atoms with Crippen LogP contribution in [0.2, 0.25) is 0 Å². The maximum atomic E-state index is 12.5. The van der Waals surface area contributed by atoms with Gasteiger partial charge in [0.2, 0.25) is 0 Å². The highest BCUT2D eigenvalue weighted by Crippen LogP contribution is 2.24. The van der Waals surface area contributed by atoms with Crippen molar-refractivity contribution in [1.82, 2.24) is 14.8 Å². The molecule has 0 aromatic carbocycles. The van der Waals surface area contributed by atoms with Crippen LogP contribution in [0.1, 0.15) is 17.1 Å². The highest BCUT2D eigenvalue weighted by molar-refractivity contribution is 9.10. The highest BCUT2D eigenvalue weighted by atomic mass is 79.9. The predicted octanol–water partition coefficient (Wildman–Crippen LogP) is 2.30. The zero-order valence-electron chi connectivity index (χ0n) is 11.6. The summed E-state index contributed by atoms with van der Waals surface area (Å²) in [6, 6.07) is 3.36. The van der Waals surface area contributed by atoms with Crippen molar-refractivity contribution in [1.29, 1.82) is 0 Å². The molecule has 0 atom stereocenters. The van der Waals surface area contributed by atoms with Gasteiger partial charge in [-0.2, -0.15) is 5.10 Å². The smallest absolute Gasteiger partial charge is 0.265 e. The average Bonchev–Trinajstić information content (AvgIpc) is 2.57. The van der Waals surface area contributed by atoms with E-state index < -0.39 is 10.0 Å². The Morgan fingerprint density at radius 2 is 1.85 bits per heavy atom. The molecule has 0 unspecified atom stereocenters. The van der Waals surface area contributed by atoms with Crippen molar-refractivity contribution in [3.63, 3.8) is 0 Å². The number of hydrogen-bond acceptors (Lipinski definition) is 4. The Bertz CT molecular complexity index is 768. The van der Waals surface area contributed by atoms with E-state index in [0.717, 1.165) is 0 Å². The summed E-state index contributed by atoms with van der Waals surface area (Å²) in [6.45, 7) is 5.14. The molecule has 20 heavy (non-hydrogen) atoms. The van der Waals surface area contributed by atoms with Gasteiger partial charge in [0.25, 0.3) is 10.0 Å². The van der Waals surface area contributed by atoms with Gasteiger partial charge < -0.3 is 0 Å². The van der Waals surface area contributed by atoms with E-state index in [9.17, 15) is 8.42 Å². The van der Waals surface area contributed by atoms with Crippen molar-refractivity contribution in [3.8, 4) is 0 Å². The zero-order valence-corrected chi connectivity index (χ0v) is 14.0. The molecule has 0 aliphatic rings. The van der Waals surface area contributed by atoms with E-state index in [1.165, 1.54) is 0 Å². The van der Waals surface area contributed by atoms with Crippen molar-refractivity contribution in [2.24, 2.45) is 7.05 Å². The predicted molar refractivity (Wildman–Crippen MR) is 80.2 cm³/mol. The van der Waals surface area contributed by atoms with E-state index in [1.807, 2.05) is 0 Å². The number of pyridine rings is 1. The van der Waals surface area contributed by atoms with Crippen LogP contribution in [0.25, 0.3) is 0 Å². The number of hydrogen-bond donors (Lipinski definition) is 1. The summed E-state index contributed by atoms with van der Waals surface area (Å²) in [7, 11) is -1.96. The molecule has 108 valence electrons. The van der Waals surface area contributed by atoms with E-state index in [0.29, 0.717) is 27.4 Å². The topological polar surface area (TPSA) is 76.9 Å². The molecule has 2 heterocycles. The quantitative estimate of drug-likeness (QED) is 0.854. The van der Waals surface area contributed by atoms with E-state index in [1.54, 1.807) is 44.6 Å². The maximum Gasteiger partial charge on any atom is 0.265 e. The first-order chi connectivity index (χ1) is 9.22. The average molecular weight is 359 g/mol. The molecule has 0 saturated heterocycles. The number of nitrogens with zero attached hydrogens (tertiary/aromatic N) is 3. The Morgan fingerprint density at radius 3 is 2.35 bits per heavy atom. The van der Waals surface area contributed by atoms with Crippen molar-refractivity contribution in [3.05, 3.63) is 33.8 Å². The molecule has 0 fully saturated rings. The van der Waals surface area contributed by atoms with Gasteiger partial charge in [-0.3, -0.25) is 9.40 Å². The third-order valence-electron chi connectivity index (χ3n) is 3.01. The first-order valence-electron chi connectivity index (χ1n) is 5.88. The lowest BCUT2D eigenvalue weighted by Gasteiger charge is -2.10. The molecule has 0 aliphatic heterocycles. The van der Waals surface area contributed by atoms with Gasteiger partial charge in [-0.05, 0) is 48.8 Å². The van der Waals surface area contributed by atoms with Gasteiger partial charge in [0, 0.05) is 7.05 Å². The Labute approximate surface area is 126 Å². The standard InChI is InChI=1S/C12H15BrN4O2S/c1-7-10(5-6-11(13)14-7)16-20(18,19)12-8(2)15-17(4)9(12)3/h5-6,16H,1-4H3. The minimum atomic E-state index is -3.68. The van der Waals surface area contributed by atoms with Crippen molar-refractivity contribution >= 4 is 31.6 Å². The van der Waals surface area contributed by atoms with Crippen molar-refractivity contribution < 1.29 is 8.42 Å². The molecule has 0 saturated carbocycles. The van der Waals surface area contributed by atoms with Crippen LogP contribution >= 0.6 is 15.9 Å². The first-order valence-corrected chi connectivity index (χ1v) is 8.16. The first kappa shape index (κ1) is 15.0. The second-order valence-electron chi connectivity index (χ2n) is 4.50. The fourth-order valence-electron chi connectivity index (χ4n) is 1.98. The highest BCUT2D eigenvalue weighted by Gasteiger charge is 2.24. The Balaban J connectivity index is 2.46. The third-order valence-corrected chi connectivity index (χ3v) is 5.07. The molecule has 6 nitrogen and oxygen atoms in total. The number of anilines is 1. The number of aromatic nitrogens is 3. The largest absolute Gasteiger partial charge is 0.278 e. The van der Waals surface area contributed by atoms with E-state index >= 15 is 0 Å². The van der Waals surface area contributed by atoms with E-state index in [-0.39, 0.29) is 4.90 Å². The SMILES string of the molecule is Cc1nc(Br)ccc1NS(=O)(=O)c1c(C)nn(C)c1C. The van der Waals surface area contributed by atoms with Gasteiger partial charge >= 0.3 is 0 Å². The number of sulfonamides is 1. The lowest BCUT2D eigenvalue weighted by Crippen LogP contribution is -2.16. The fraction of sp³-hybridized carbons (Fsp3) is 0.333. The van der Waals surface area contributed by atoms with Gasteiger partial charge in [0.15, 0.2) is 0 Å². The minimum absolute atomic E-state index is 0.210. The normalized spacial score (nSPS) is 11.7. The number of halogens is 1. The number of nitrogens with one attached hydrogen (secondary N) is 1. The second-order valence-corrected chi connectivity index (χ2v) is 6.93. The molecule has 2 aromatic heterocycles. The van der Waals surface area contributed by atoms with Crippen LogP contribution in [0.5, 0.6) is 0 Å². The zero-order chi connectivity index (χ0) is 15.1. The number of aryl methyl sites for hydroxylation is 3. The van der Waals surface area contributed by atoms with Crippen LogP contribution in [0.4, 0.5) is 5.69 Å². The van der Waals surface area contributed by atoms with E-state index in [4.69, 9.17) is 0 Å². The van der Waals surface area contributed by atoms with Crippen LogP contribution < -0.4 is 4.72 Å². The third kappa shape index (κ3) is 2.71. The maximum absolute atomic E-state index is 12.5. The Morgan fingerprint density at radius 1 is 1.20 bits per heavy atom. The molecule has 0 amide bonds. The van der Waals surface area contributed by atoms with Crippen molar-refractivity contribution in [2.75, 3.05) is 4.72 Å². The van der Waals surface area contributed by atoms with Crippen LogP contribution in [0, 0.1) is 20.8 Å². The second kappa shape index (κ2) is 5.17. The summed E-state index contributed by atoms with van der Waals surface area (Å²) in [5.41, 5.74) is 2.12. The molecule has 0 aliphatic carbocycles. The van der Waals surface area contributed by atoms with Gasteiger partial charge in [0.05, 0.1) is 22.8 Å². The lowest BCUT2D eigenvalue weighted by atomic mass is 10.3. The molecular weight excluding hydrogens is 344 g/mol. The molecule has 0 spiro atoms. The van der Waals surface area contributed by atoms with Gasteiger partial charge in [-0.25, -0.2) is 13.4 Å². The molecule has 2 aromatic rings. The van der Waals surface area contributed by atoms with Gasteiger partial charge in [-0.15, -0.1) is 0 Å². The summed E-state index contributed by atoms with van der Waals surface area (Å²) < 4.78 is 29.8. The summed E-state index contributed by atoms with van der Waals surface area (Å²) in [5, 5.41) is 4.13. The van der Waals surface area contributed by atoms with Crippen LogP contribution in [-0.4, -0.2) is 23.2 Å². The minimum Gasteiger partial charge on any atom is -0.278 e. The summed E-state index contributed by atoms with van der Waals surface area (Å²) in [5.74, 6) is 0. The monoisotopic (exact) mass is 358 g/mol. The van der Waals surface area contributed by atoms with Gasteiger partial charge in [-0.1, -0.05) is 0 Å². The van der Waals surface area contributed by atoms with Crippen LogP contribution in [0.3, 0.4) is 0 Å². The van der Waals surface area contributed by atoms with Crippen LogP contribution in [0.15, 0.2) is 21.6 Å². The van der Waals surface area contributed by atoms with Crippen LogP contribution in [-0.2, 0) is 17.1 Å². The summed E-state index contributed by atoms with van der Waals surface area (Å²) in [6.07, 6.45) is 0. The molecule has 0 radical (unpaired) electrons. The van der Waals surface area contributed by atoms with Gasteiger partial charge in [0.1, 0.15) is 9.50 Å². The lowest BCUT2D eigenvalue weighted by molar-refractivity contribution is 0.599. The summed E-state index contributed by atoms with van der Waals surface area (Å²) in [4.78, 5) is 4.38. The Hall–Kier alpha value is -1.41. The number of rotatable bonds is 3. The molecule has 0 bridgehead atoms. The Kier molecular flexibility index (Phi) is 3.88. The van der Waals surface area contributed by atoms with E-state index in [2.05, 4.69) is 30.7 Å². The molecule has 1 N–H and O–H groups in total. The van der Waals surface area contributed by atoms with Crippen molar-refractivity contribution in [2.45, 2.75) is 25.7 Å². The molecular formula is C12H15BrN4O2S.